The third-order valence-corrected chi connectivity index (χ3v) is 3.90. The Morgan fingerprint density at radius 1 is 1.57 bits per heavy atom. The molecular weight excluding hydrogens is 316 g/mol. The van der Waals surface area contributed by atoms with Crippen LogP contribution >= 0.6 is 12.2 Å². The first-order chi connectivity index (χ1) is 11.0. The van der Waals surface area contributed by atoms with Crippen LogP contribution < -0.4 is 10.7 Å². The molecule has 1 fully saturated rings. The maximum atomic E-state index is 11.0. The van der Waals surface area contributed by atoms with E-state index in [9.17, 15) is 10.1 Å². The van der Waals surface area contributed by atoms with Gasteiger partial charge in [-0.3, -0.25) is 15.5 Å². The summed E-state index contributed by atoms with van der Waals surface area (Å²) >= 11 is 5.15. The molecule has 0 amide bonds. The zero-order valence-corrected chi connectivity index (χ0v) is 14.0. The van der Waals surface area contributed by atoms with Gasteiger partial charge in [-0.25, -0.2) is 0 Å². The minimum atomic E-state index is -0.396. The van der Waals surface area contributed by atoms with Gasteiger partial charge in [0.2, 0.25) is 0 Å². The van der Waals surface area contributed by atoms with Gasteiger partial charge in [-0.1, -0.05) is 12.1 Å². The molecular formula is C15H20N4O3S. The molecule has 1 aliphatic heterocycles. The second-order valence-corrected chi connectivity index (χ2v) is 5.82. The van der Waals surface area contributed by atoms with Crippen molar-refractivity contribution in [3.8, 4) is 0 Å². The van der Waals surface area contributed by atoms with Crippen molar-refractivity contribution in [2.24, 2.45) is 5.10 Å². The predicted molar refractivity (Wildman–Crippen MR) is 92.8 cm³/mol. The molecule has 0 spiro atoms. The number of nitrogens with zero attached hydrogens (tertiary/aromatic N) is 2. The van der Waals surface area contributed by atoms with E-state index in [1.54, 1.807) is 26.0 Å². The highest BCUT2D eigenvalue weighted by Crippen LogP contribution is 2.19. The Labute approximate surface area is 140 Å². The van der Waals surface area contributed by atoms with Gasteiger partial charge in [0, 0.05) is 30.3 Å². The molecule has 0 bridgehead atoms. The molecule has 0 aromatic heterocycles. The second kappa shape index (κ2) is 7.98. The molecule has 7 nitrogen and oxygen atoms in total. The summed E-state index contributed by atoms with van der Waals surface area (Å²) < 4.78 is 5.50. The van der Waals surface area contributed by atoms with E-state index in [0.29, 0.717) is 28.5 Å². The monoisotopic (exact) mass is 336 g/mol. The quantitative estimate of drug-likeness (QED) is 0.371. The van der Waals surface area contributed by atoms with E-state index in [-0.39, 0.29) is 11.8 Å². The van der Waals surface area contributed by atoms with Crippen LogP contribution in [-0.2, 0) is 4.74 Å². The van der Waals surface area contributed by atoms with Gasteiger partial charge in [-0.05, 0) is 38.9 Å². The molecule has 1 unspecified atom stereocenters. The van der Waals surface area contributed by atoms with Crippen LogP contribution in [0.15, 0.2) is 23.3 Å². The van der Waals surface area contributed by atoms with Crippen molar-refractivity contribution in [1.82, 2.24) is 10.7 Å². The van der Waals surface area contributed by atoms with Gasteiger partial charge < -0.3 is 10.1 Å². The number of hydrazone groups is 1. The molecule has 1 aromatic rings. The number of hydrogen-bond acceptors (Lipinski definition) is 5. The first-order valence-electron chi connectivity index (χ1n) is 7.42. The number of ether oxygens (including phenoxy) is 1. The predicted octanol–water partition coefficient (Wildman–Crippen LogP) is 2.27. The Morgan fingerprint density at radius 2 is 2.35 bits per heavy atom. The summed E-state index contributed by atoms with van der Waals surface area (Å²) in [6, 6.07) is 5.02. The summed E-state index contributed by atoms with van der Waals surface area (Å²) in [6.07, 6.45) is 2.31. The zero-order valence-electron chi connectivity index (χ0n) is 13.2. The van der Waals surface area contributed by atoms with Crippen LogP contribution in [0.5, 0.6) is 0 Å². The summed E-state index contributed by atoms with van der Waals surface area (Å²) in [4.78, 5) is 10.6. The van der Waals surface area contributed by atoms with Crippen molar-refractivity contribution in [1.29, 1.82) is 0 Å². The maximum Gasteiger partial charge on any atom is 0.272 e. The number of aryl methyl sites for hydroxylation is 1. The Balaban J connectivity index is 1.92. The van der Waals surface area contributed by atoms with Crippen LogP contribution in [0.2, 0.25) is 0 Å². The summed E-state index contributed by atoms with van der Waals surface area (Å²) in [5, 5.41) is 18.6. The molecule has 0 saturated carbocycles. The van der Waals surface area contributed by atoms with E-state index in [4.69, 9.17) is 17.0 Å². The van der Waals surface area contributed by atoms with Crippen LogP contribution in [-0.4, -0.2) is 35.0 Å². The van der Waals surface area contributed by atoms with Crippen molar-refractivity contribution >= 4 is 28.7 Å². The van der Waals surface area contributed by atoms with Crippen molar-refractivity contribution in [3.05, 3.63) is 39.4 Å². The number of nitrogens with one attached hydrogen (secondary N) is 2. The highest BCUT2D eigenvalue weighted by molar-refractivity contribution is 7.80. The summed E-state index contributed by atoms with van der Waals surface area (Å²) in [7, 11) is 0. The third-order valence-electron chi connectivity index (χ3n) is 3.66. The summed E-state index contributed by atoms with van der Waals surface area (Å²) in [5.74, 6) is 0. The highest BCUT2D eigenvalue weighted by Gasteiger charge is 2.15. The fraction of sp³-hybridized carbons (Fsp3) is 0.467. The summed E-state index contributed by atoms with van der Waals surface area (Å²) in [5.41, 5.74) is 4.75. The number of rotatable bonds is 5. The zero-order chi connectivity index (χ0) is 16.8. The molecule has 0 radical (unpaired) electrons. The average molecular weight is 336 g/mol. The minimum Gasteiger partial charge on any atom is -0.376 e. The molecule has 8 heteroatoms. The van der Waals surface area contributed by atoms with Crippen LogP contribution in [0.3, 0.4) is 0 Å². The Kier molecular flexibility index (Phi) is 6.00. The average Bonchev–Trinajstić information content (AvgIpc) is 3.04. The van der Waals surface area contributed by atoms with Crippen LogP contribution in [0.1, 0.15) is 30.9 Å². The Morgan fingerprint density at radius 3 is 3.00 bits per heavy atom. The summed E-state index contributed by atoms with van der Waals surface area (Å²) in [6.45, 7) is 4.92. The first-order valence-corrected chi connectivity index (χ1v) is 7.83. The normalized spacial score (nSPS) is 17.8. The maximum absolute atomic E-state index is 11.0. The van der Waals surface area contributed by atoms with Gasteiger partial charge in [-0.15, -0.1) is 0 Å². The molecule has 0 aliphatic carbocycles. The fourth-order valence-electron chi connectivity index (χ4n) is 2.28. The fourth-order valence-corrected chi connectivity index (χ4v) is 2.41. The van der Waals surface area contributed by atoms with Gasteiger partial charge in [0.25, 0.3) is 5.69 Å². The number of benzene rings is 1. The lowest BCUT2D eigenvalue weighted by Crippen LogP contribution is -2.37. The standard InChI is InChI=1S/C15H20N4O3S/c1-10-5-6-12(8-14(10)19(20)21)11(2)17-18-15(23)16-9-13-4-3-7-22-13/h5-6,8,13H,3-4,7,9H2,1-2H3,(H2,16,18,23)/b17-11+. The van der Waals surface area contributed by atoms with Crippen molar-refractivity contribution in [3.63, 3.8) is 0 Å². The van der Waals surface area contributed by atoms with E-state index in [2.05, 4.69) is 15.8 Å². The lowest BCUT2D eigenvalue weighted by Gasteiger charge is -2.12. The van der Waals surface area contributed by atoms with Crippen molar-refractivity contribution in [2.75, 3.05) is 13.2 Å². The van der Waals surface area contributed by atoms with E-state index < -0.39 is 4.92 Å². The minimum absolute atomic E-state index is 0.0798. The van der Waals surface area contributed by atoms with Gasteiger partial charge in [0.15, 0.2) is 5.11 Å². The van der Waals surface area contributed by atoms with Crippen LogP contribution in [0.25, 0.3) is 0 Å². The van der Waals surface area contributed by atoms with Gasteiger partial charge in [0.1, 0.15) is 0 Å². The molecule has 1 atom stereocenters. The van der Waals surface area contributed by atoms with Gasteiger partial charge in [-0.2, -0.15) is 5.10 Å². The molecule has 1 heterocycles. The molecule has 124 valence electrons. The number of nitro groups is 1. The van der Waals surface area contributed by atoms with Crippen LogP contribution in [0.4, 0.5) is 5.69 Å². The topological polar surface area (TPSA) is 88.8 Å². The SMILES string of the molecule is C/C(=N\NC(=S)NCC1CCCO1)c1ccc(C)c([N+](=O)[O-])c1. The molecule has 23 heavy (non-hydrogen) atoms. The number of thiocarbonyl (C=S) groups is 1. The Bertz CT molecular complexity index is 627. The lowest BCUT2D eigenvalue weighted by atomic mass is 10.1. The second-order valence-electron chi connectivity index (χ2n) is 5.41. The van der Waals surface area contributed by atoms with E-state index in [0.717, 1.165) is 19.4 Å². The number of nitro benzene ring substituents is 1. The molecule has 2 N–H and O–H groups in total. The van der Waals surface area contributed by atoms with Gasteiger partial charge in [0.05, 0.1) is 16.7 Å². The van der Waals surface area contributed by atoms with Gasteiger partial charge >= 0.3 is 0 Å². The molecule has 1 aliphatic rings. The lowest BCUT2D eigenvalue weighted by molar-refractivity contribution is -0.385. The molecule has 2 rings (SSSR count). The van der Waals surface area contributed by atoms with Crippen molar-refractivity contribution < 1.29 is 9.66 Å². The third kappa shape index (κ3) is 4.97. The van der Waals surface area contributed by atoms with E-state index >= 15 is 0 Å². The van der Waals surface area contributed by atoms with E-state index in [1.807, 2.05) is 0 Å². The van der Waals surface area contributed by atoms with Crippen molar-refractivity contribution in [2.45, 2.75) is 32.8 Å². The van der Waals surface area contributed by atoms with Crippen LogP contribution in [0, 0.1) is 17.0 Å². The smallest absolute Gasteiger partial charge is 0.272 e. The number of hydrogen-bond donors (Lipinski definition) is 2. The molecule has 1 aromatic carbocycles. The molecule has 1 saturated heterocycles. The first kappa shape index (κ1) is 17.3. The largest absolute Gasteiger partial charge is 0.376 e. The van der Waals surface area contributed by atoms with E-state index in [1.165, 1.54) is 6.07 Å². The highest BCUT2D eigenvalue weighted by atomic mass is 32.1. The Hall–Kier alpha value is -2.06.